The van der Waals surface area contributed by atoms with Crippen LogP contribution in [0.2, 0.25) is 0 Å². The molecule has 0 unspecified atom stereocenters. The van der Waals surface area contributed by atoms with Gasteiger partial charge in [0, 0.05) is 0 Å². The molecule has 2 atom stereocenters. The van der Waals surface area contributed by atoms with Crippen LogP contribution in [0, 0.1) is 28.6 Å². The van der Waals surface area contributed by atoms with Crippen LogP contribution in [-0.4, -0.2) is 24.2 Å². The fourth-order valence-electron chi connectivity index (χ4n) is 1.90. The normalized spacial score (nSPS) is 26.8. The van der Waals surface area contributed by atoms with Crippen LogP contribution in [0.3, 0.4) is 0 Å². The zero-order valence-corrected chi connectivity index (χ0v) is 9.35. The molecule has 1 aliphatic rings. The van der Waals surface area contributed by atoms with E-state index >= 15 is 0 Å². The van der Waals surface area contributed by atoms with Gasteiger partial charge in [-0.05, 0) is 11.3 Å². The molecule has 1 N–H and O–H groups in total. The van der Waals surface area contributed by atoms with E-state index in [0.717, 1.165) is 0 Å². The number of esters is 1. The lowest BCUT2D eigenvalue weighted by Gasteiger charge is -1.98. The minimum Gasteiger partial charge on any atom is -0.481 e. The van der Waals surface area contributed by atoms with Gasteiger partial charge in [0.15, 0.2) is 0 Å². The number of hydrogen-bond acceptors (Lipinski definition) is 4. The lowest BCUT2D eigenvalue weighted by atomic mass is 10.1. The summed E-state index contributed by atoms with van der Waals surface area (Å²) in [6.45, 7) is 3.58. The summed E-state index contributed by atoms with van der Waals surface area (Å²) in [4.78, 5) is 22.0. The van der Waals surface area contributed by atoms with Gasteiger partial charge in [0.2, 0.25) is 0 Å². The zero-order valence-electron chi connectivity index (χ0n) is 9.35. The third-order valence-electron chi connectivity index (χ3n) is 3.05. The van der Waals surface area contributed by atoms with Crippen molar-refractivity contribution in [3.63, 3.8) is 0 Å². The van der Waals surface area contributed by atoms with Crippen LogP contribution >= 0.6 is 0 Å². The van der Waals surface area contributed by atoms with Crippen molar-refractivity contribution in [3.8, 4) is 6.07 Å². The Labute approximate surface area is 93.3 Å². The van der Waals surface area contributed by atoms with Crippen molar-refractivity contribution in [1.29, 1.82) is 5.26 Å². The molecule has 0 aromatic carbocycles. The number of carboxylic acids is 1. The molecule has 16 heavy (non-hydrogen) atoms. The van der Waals surface area contributed by atoms with Crippen LogP contribution in [0.25, 0.3) is 0 Å². The second-order valence-corrected chi connectivity index (χ2v) is 4.35. The smallest absolute Gasteiger partial charge is 0.348 e. The maximum absolute atomic E-state index is 11.1. The number of allylic oxidation sites excluding steroid dienone is 1. The van der Waals surface area contributed by atoms with Crippen molar-refractivity contribution in [2.24, 2.45) is 17.3 Å². The Morgan fingerprint density at radius 2 is 2.06 bits per heavy atom. The van der Waals surface area contributed by atoms with E-state index in [4.69, 9.17) is 10.4 Å². The fourth-order valence-corrected chi connectivity index (χ4v) is 1.90. The van der Waals surface area contributed by atoms with Crippen molar-refractivity contribution < 1.29 is 19.4 Å². The second kappa shape index (κ2) is 3.97. The number of carbonyl (C=O) groups excluding carboxylic acids is 1. The van der Waals surface area contributed by atoms with E-state index in [1.165, 1.54) is 13.2 Å². The van der Waals surface area contributed by atoms with E-state index in [1.807, 2.05) is 0 Å². The number of nitriles is 1. The van der Waals surface area contributed by atoms with Gasteiger partial charge < -0.3 is 9.84 Å². The Morgan fingerprint density at radius 3 is 2.38 bits per heavy atom. The van der Waals surface area contributed by atoms with Crippen LogP contribution in [0.15, 0.2) is 11.6 Å². The summed E-state index contributed by atoms with van der Waals surface area (Å²) in [7, 11) is 1.18. The number of carbonyl (C=O) groups is 2. The first-order valence-electron chi connectivity index (χ1n) is 4.79. The Hall–Kier alpha value is -1.83. The van der Waals surface area contributed by atoms with E-state index < -0.39 is 23.3 Å². The van der Waals surface area contributed by atoms with Crippen molar-refractivity contribution in [2.45, 2.75) is 13.8 Å². The summed E-state index contributed by atoms with van der Waals surface area (Å²) in [6, 6.07) is 1.71. The number of nitrogens with zero attached hydrogens (tertiary/aromatic N) is 1. The van der Waals surface area contributed by atoms with Gasteiger partial charge >= 0.3 is 11.9 Å². The number of aliphatic carboxylic acids is 1. The maximum atomic E-state index is 11.1. The SMILES string of the molecule is COC(=O)/C(C#N)=C/[C@H]1[C@H](C(=O)O)C1(C)C. The summed E-state index contributed by atoms with van der Waals surface area (Å²) in [6.07, 6.45) is 1.39. The van der Waals surface area contributed by atoms with Gasteiger partial charge in [0.05, 0.1) is 13.0 Å². The van der Waals surface area contributed by atoms with Crippen LogP contribution in [0.1, 0.15) is 13.8 Å². The average Bonchev–Trinajstić information content (AvgIpc) is 2.75. The lowest BCUT2D eigenvalue weighted by molar-refractivity contribution is -0.139. The van der Waals surface area contributed by atoms with Gasteiger partial charge in [-0.2, -0.15) is 5.26 Å². The van der Waals surface area contributed by atoms with E-state index in [1.54, 1.807) is 19.9 Å². The summed E-state index contributed by atoms with van der Waals surface area (Å²) in [5.41, 5.74) is -0.550. The molecule has 0 spiro atoms. The Balaban J connectivity index is 2.91. The number of methoxy groups -OCH3 is 1. The quantitative estimate of drug-likeness (QED) is 0.437. The van der Waals surface area contributed by atoms with Crippen molar-refractivity contribution in [1.82, 2.24) is 0 Å². The predicted octanol–water partition coefficient (Wildman–Crippen LogP) is 0.966. The minimum atomic E-state index is -0.909. The molecule has 0 aliphatic heterocycles. The molecule has 86 valence electrons. The highest BCUT2D eigenvalue weighted by Gasteiger charge is 2.61. The monoisotopic (exact) mass is 223 g/mol. The zero-order chi connectivity index (χ0) is 12.5. The molecule has 1 fully saturated rings. The Kier molecular flexibility index (Phi) is 3.04. The van der Waals surface area contributed by atoms with Gasteiger partial charge in [-0.15, -0.1) is 0 Å². The van der Waals surface area contributed by atoms with Crippen molar-refractivity contribution in [2.75, 3.05) is 7.11 Å². The number of carboxylic acid groups (broad SMARTS) is 1. The highest BCUT2D eigenvalue weighted by atomic mass is 16.5. The number of hydrogen-bond donors (Lipinski definition) is 1. The lowest BCUT2D eigenvalue weighted by Crippen LogP contribution is -2.04. The third-order valence-corrected chi connectivity index (χ3v) is 3.05. The van der Waals surface area contributed by atoms with Gasteiger partial charge in [0.25, 0.3) is 0 Å². The molecule has 5 heteroatoms. The number of rotatable bonds is 3. The molecule has 0 bridgehead atoms. The summed E-state index contributed by atoms with van der Waals surface area (Å²) in [5, 5.41) is 17.6. The molecule has 0 radical (unpaired) electrons. The van der Waals surface area contributed by atoms with Crippen molar-refractivity contribution in [3.05, 3.63) is 11.6 Å². The molecular weight excluding hydrogens is 210 g/mol. The first-order chi connectivity index (χ1) is 7.36. The summed E-state index contributed by atoms with van der Waals surface area (Å²) >= 11 is 0. The molecule has 0 saturated heterocycles. The van der Waals surface area contributed by atoms with Gasteiger partial charge in [0.1, 0.15) is 11.6 Å². The topological polar surface area (TPSA) is 87.4 Å². The molecule has 1 rings (SSSR count). The molecule has 0 heterocycles. The molecule has 0 aromatic rings. The van der Waals surface area contributed by atoms with Gasteiger partial charge in [-0.1, -0.05) is 19.9 Å². The van der Waals surface area contributed by atoms with Crippen LogP contribution in [0.4, 0.5) is 0 Å². The fraction of sp³-hybridized carbons (Fsp3) is 0.545. The first kappa shape index (κ1) is 12.2. The van der Waals surface area contributed by atoms with E-state index in [9.17, 15) is 9.59 Å². The molecule has 1 aliphatic carbocycles. The predicted molar refractivity (Wildman–Crippen MR) is 54.1 cm³/mol. The molecule has 0 aromatic heterocycles. The maximum Gasteiger partial charge on any atom is 0.348 e. The molecular formula is C11H13NO4. The summed E-state index contributed by atoms with van der Waals surface area (Å²) < 4.78 is 4.42. The molecule has 5 nitrogen and oxygen atoms in total. The Morgan fingerprint density at radius 1 is 1.50 bits per heavy atom. The molecule has 0 amide bonds. The largest absolute Gasteiger partial charge is 0.481 e. The first-order valence-corrected chi connectivity index (χ1v) is 4.79. The molecule has 1 saturated carbocycles. The average molecular weight is 223 g/mol. The standard InChI is InChI=1S/C11H13NO4/c1-11(2)7(8(11)9(13)14)4-6(5-12)10(15)16-3/h4,7-8H,1-3H3,(H,13,14)/b6-4+/t7-,8+/m0/s1. The minimum absolute atomic E-state index is 0.135. The van der Waals surface area contributed by atoms with Crippen LogP contribution < -0.4 is 0 Å². The third kappa shape index (κ3) is 1.91. The van der Waals surface area contributed by atoms with Crippen LogP contribution in [-0.2, 0) is 14.3 Å². The Bertz CT molecular complexity index is 403. The summed E-state index contributed by atoms with van der Waals surface area (Å²) in [5.74, 6) is -2.47. The van der Waals surface area contributed by atoms with Crippen LogP contribution in [0.5, 0.6) is 0 Å². The number of ether oxygens (including phenoxy) is 1. The van der Waals surface area contributed by atoms with E-state index in [2.05, 4.69) is 4.74 Å². The van der Waals surface area contributed by atoms with E-state index in [-0.39, 0.29) is 11.5 Å². The van der Waals surface area contributed by atoms with Crippen molar-refractivity contribution >= 4 is 11.9 Å². The second-order valence-electron chi connectivity index (χ2n) is 4.35. The van der Waals surface area contributed by atoms with Gasteiger partial charge in [-0.25, -0.2) is 4.79 Å². The highest BCUT2D eigenvalue weighted by molar-refractivity contribution is 5.93. The highest BCUT2D eigenvalue weighted by Crippen LogP contribution is 2.59. The van der Waals surface area contributed by atoms with Gasteiger partial charge in [-0.3, -0.25) is 4.79 Å². The van der Waals surface area contributed by atoms with E-state index in [0.29, 0.717) is 0 Å².